The van der Waals surface area contributed by atoms with E-state index in [0.717, 1.165) is 0 Å². The van der Waals surface area contributed by atoms with Gasteiger partial charge in [0.05, 0.1) is 50.1 Å². The molecule has 10 atom stereocenters. The zero-order valence-electron chi connectivity index (χ0n) is 71.4. The molecule has 11 aromatic rings. The number of phenols is 31. The Morgan fingerprint density at radius 2 is 0.486 bits per heavy atom. The average molecular weight is 2040 g/mol. The third kappa shape index (κ3) is 17.7. The van der Waals surface area contributed by atoms with Crippen LogP contribution >= 0.6 is 0 Å². The fraction of sp³-hybridized carbons (Fsp3) is 0.135. The first kappa shape index (κ1) is 99.4. The van der Waals surface area contributed by atoms with E-state index in [9.17, 15) is 192 Å². The summed E-state index contributed by atoms with van der Waals surface area (Å²) in [5.41, 5.74) is -19.4. The van der Waals surface area contributed by atoms with Gasteiger partial charge in [-0.3, -0.25) is 0 Å². The molecule has 2 fully saturated rings. The van der Waals surface area contributed by atoms with Crippen LogP contribution in [0.2, 0.25) is 0 Å². The molecule has 0 aliphatic carbocycles. The molecule has 57 nitrogen and oxygen atoms in total. The molecule has 11 aromatic carbocycles. The van der Waals surface area contributed by atoms with Crippen molar-refractivity contribution in [2.75, 3.05) is 13.2 Å². The first-order chi connectivity index (χ1) is 68.7. The number of carbonyl (C=O) groups is 11. The maximum Gasteiger partial charge on any atom is 0.344 e. The van der Waals surface area contributed by atoms with Crippen molar-refractivity contribution in [2.45, 2.75) is 61.4 Å². The lowest BCUT2D eigenvalue weighted by atomic mass is 9.91. The zero-order valence-corrected chi connectivity index (χ0v) is 71.4. The second-order valence-corrected chi connectivity index (χ2v) is 31.1. The first-order valence-electron chi connectivity index (χ1n) is 40.1. The number of aromatic hydroxyl groups is 31. The Labute approximate surface area is 801 Å². The predicted octanol–water partition coefficient (Wildman–Crippen LogP) is 4.63. The van der Waals surface area contributed by atoms with Crippen molar-refractivity contribution in [3.05, 3.63) is 158 Å². The number of benzene rings is 11. The van der Waals surface area contributed by atoms with Crippen LogP contribution in [0.25, 0.3) is 22.3 Å². The molecule has 57 heteroatoms. The SMILES string of the molecule is O=C(O[C@@H]1O[C@@H]2COC(=O)c3cc(O)c(O)c(O)c3-c3c(cc(O)c(O)c3O)C(=O)O[C@H]2[C@H](OC(=O)c2cc(O)c(O)c(O)c2)[C@H]1OC(=O)c1cc(O)c(O)c(O)c1)c1cc(O)c(O)c(Oc2c(C(=O)O[C@@H]3O[C@@H]4COC(=O)c5cc(Oc6c(C(=O)O)cc(O)c(O)c6O)c(O)c(O)c5-c5c(cc(O)c(O)c5O)C(=O)O[C@H]4[C@H](OC(=O)c4cc(O)c(O)c(O)c4)[C@H]3OC(=O)c3cc(O)c(O)c(O)c3)cc(O)c(O)c2O)c1. The molecule has 2 saturated heterocycles. The molecule has 0 amide bonds. The number of carboxylic acids is 1. The number of carboxylic acid groups (broad SMARTS) is 1. The Kier molecular flexibility index (Phi) is 25.4. The van der Waals surface area contributed by atoms with Gasteiger partial charge in [0.25, 0.3) is 0 Å². The summed E-state index contributed by atoms with van der Waals surface area (Å²) in [4.78, 5) is 162. The van der Waals surface area contributed by atoms with Crippen molar-refractivity contribution in [1.82, 2.24) is 0 Å². The highest BCUT2D eigenvalue weighted by Crippen LogP contribution is 2.59. The highest BCUT2D eigenvalue weighted by atomic mass is 16.8. The Morgan fingerprint density at radius 3 is 0.822 bits per heavy atom. The Morgan fingerprint density at radius 1 is 0.240 bits per heavy atom. The van der Waals surface area contributed by atoms with Gasteiger partial charge in [-0.2, -0.15) is 0 Å². The molecular weight excluding hydrogens is 1980 g/mol. The molecule has 0 aromatic heterocycles. The van der Waals surface area contributed by atoms with Crippen LogP contribution in [0.3, 0.4) is 0 Å². The Balaban J connectivity index is 0.848. The summed E-state index contributed by atoms with van der Waals surface area (Å²) in [5.74, 6) is -75.6. The molecule has 0 spiro atoms. The van der Waals surface area contributed by atoms with E-state index in [0.29, 0.717) is 54.6 Å². The van der Waals surface area contributed by atoms with Gasteiger partial charge in [0.2, 0.25) is 76.5 Å². The minimum atomic E-state index is -3.22. The number of cyclic esters (lactones) is 2. The van der Waals surface area contributed by atoms with Crippen molar-refractivity contribution < 1.29 is 282 Å². The van der Waals surface area contributed by atoms with E-state index < -0.39 is 425 Å². The number of esters is 10. The molecule has 4 aliphatic heterocycles. The fourth-order valence-corrected chi connectivity index (χ4v) is 14.9. The highest BCUT2D eigenvalue weighted by Gasteiger charge is 2.59. The largest absolute Gasteiger partial charge is 0.504 e. The molecule has 0 saturated carbocycles. The number of phenolic OH excluding ortho intramolecular Hbond substituents is 31. The van der Waals surface area contributed by atoms with E-state index in [-0.39, 0.29) is 42.5 Å². The number of aromatic carboxylic acids is 1. The average Bonchev–Trinajstić information content (AvgIpc) is 1.41. The normalized spacial score (nSPS) is 18.4. The topological polar surface area (TPSA) is 964 Å². The third-order valence-corrected chi connectivity index (χ3v) is 22.0. The molecule has 0 bridgehead atoms. The van der Waals surface area contributed by atoms with Gasteiger partial charge in [-0.25, -0.2) is 52.7 Å². The van der Waals surface area contributed by atoms with Gasteiger partial charge in [-0.05, 0) is 78.9 Å². The summed E-state index contributed by atoms with van der Waals surface area (Å²) in [6.45, 7) is -3.33. The van der Waals surface area contributed by atoms with Crippen LogP contribution in [0.4, 0.5) is 0 Å². The minimum absolute atomic E-state index is 0.0572. The quantitative estimate of drug-likeness (QED) is 0.0335. The lowest BCUT2D eigenvalue weighted by molar-refractivity contribution is -0.282. The number of ether oxygens (including phenoxy) is 14. The van der Waals surface area contributed by atoms with Crippen molar-refractivity contribution in [3.8, 4) is 223 Å². The second-order valence-electron chi connectivity index (χ2n) is 31.1. The van der Waals surface area contributed by atoms with Gasteiger partial charge < -0.3 is 230 Å². The molecule has 15 rings (SSSR count). The summed E-state index contributed by atoms with van der Waals surface area (Å²) in [5, 5.41) is 349. The maximum absolute atomic E-state index is 15.6. The van der Waals surface area contributed by atoms with Gasteiger partial charge in [0.15, 0.2) is 174 Å². The van der Waals surface area contributed by atoms with Gasteiger partial charge in [0.1, 0.15) is 36.5 Å². The van der Waals surface area contributed by atoms with E-state index in [4.69, 9.17) is 66.3 Å². The van der Waals surface area contributed by atoms with Gasteiger partial charge in [-0.15, -0.1) is 0 Å². The maximum atomic E-state index is 15.6. The van der Waals surface area contributed by atoms with Crippen LogP contribution in [0, 0.1) is 0 Å². The second kappa shape index (κ2) is 37.3. The van der Waals surface area contributed by atoms with Crippen LogP contribution in [-0.4, -0.2) is 304 Å². The van der Waals surface area contributed by atoms with Crippen LogP contribution in [0.15, 0.2) is 97.1 Å². The molecule has 146 heavy (non-hydrogen) atoms. The summed E-state index contributed by atoms with van der Waals surface area (Å²) in [6.07, 6.45) is -29.4. The smallest absolute Gasteiger partial charge is 0.344 e. The molecule has 760 valence electrons. The molecule has 32 N–H and O–H groups in total. The lowest BCUT2D eigenvalue weighted by Gasteiger charge is -2.43. The third-order valence-electron chi connectivity index (χ3n) is 22.0. The molecule has 0 unspecified atom stereocenters. The van der Waals surface area contributed by atoms with E-state index >= 15 is 24.0 Å². The van der Waals surface area contributed by atoms with Crippen molar-refractivity contribution in [2.24, 2.45) is 0 Å². The van der Waals surface area contributed by atoms with Crippen molar-refractivity contribution >= 4 is 65.7 Å². The molecule has 4 aliphatic rings. The monoisotopic (exact) mass is 2040 g/mol. The van der Waals surface area contributed by atoms with Gasteiger partial charge in [-0.1, -0.05) is 0 Å². The van der Waals surface area contributed by atoms with Crippen LogP contribution in [0.5, 0.6) is 201 Å². The number of hydrogen-bond acceptors (Lipinski definition) is 56. The Bertz CT molecular complexity index is 7410. The van der Waals surface area contributed by atoms with E-state index in [2.05, 4.69) is 0 Å². The van der Waals surface area contributed by atoms with Gasteiger partial charge >= 0.3 is 65.7 Å². The lowest BCUT2D eigenvalue weighted by Crippen LogP contribution is -2.63. The number of hydrogen-bond donors (Lipinski definition) is 32. The summed E-state index contributed by atoms with van der Waals surface area (Å²) >= 11 is 0. The standard InChI is InChI=1S/C89H62O57/c90-30-1-19(2-31(91)52(30)104)78(123)141-73-71-46(17-133-83(128)24-11-39(99)57(109)63(115)48(24)49-25(85(130)139-71)12-40(100)58(110)64(49)116)137-88(75(73)143-80(125)21-5-34(94)54(106)35(95)6-21)145-82(127)23-9-38(98)56(108)44(10-23)135-70-29(15-43(103)61(113)68(70)120)87(132)146-89-76(144-81(126)22-7-36(96)55(107)37(97)8-22)74(142-79(124)20-3-32(92)53(105)33(93)4-20)72-47(138-89)18-134-84(129)27-16-45(136-69-28(77(121)122)14-42(102)60(112)67(69)119)62(114)66(118)51(27)50-26(86(131)140-72)13-41(101)59(111)65(50)117/h1-16,46-47,71-76,88-120H,17-18H2,(H,121,122)/t46-,47-,71-,72-,73+,74+,75-,76-,88+,89+/m1/s1. The number of rotatable bonds is 17. The number of fused-ring (bicyclic) bond motifs is 8. The number of carbonyl (C=O) groups excluding carboxylic acids is 10. The van der Waals surface area contributed by atoms with Crippen LogP contribution in [0.1, 0.15) is 114 Å². The fourth-order valence-electron chi connectivity index (χ4n) is 14.9. The molecule has 0 radical (unpaired) electrons. The predicted molar refractivity (Wildman–Crippen MR) is 452 cm³/mol. The van der Waals surface area contributed by atoms with E-state index in [1.165, 1.54) is 0 Å². The Hall–Kier alpha value is -21.1. The van der Waals surface area contributed by atoms with Crippen LogP contribution in [-0.2, 0) is 56.8 Å². The van der Waals surface area contributed by atoms with Crippen molar-refractivity contribution in [3.63, 3.8) is 0 Å². The van der Waals surface area contributed by atoms with E-state index in [1.807, 2.05) is 0 Å². The summed E-state index contributed by atoms with van der Waals surface area (Å²) in [6, 6.07) is 4.54. The van der Waals surface area contributed by atoms with Gasteiger partial charge in [0, 0.05) is 40.5 Å². The van der Waals surface area contributed by atoms with Crippen molar-refractivity contribution in [1.29, 1.82) is 0 Å². The zero-order chi connectivity index (χ0) is 107. The highest BCUT2D eigenvalue weighted by molar-refractivity contribution is 6.11. The van der Waals surface area contributed by atoms with Crippen LogP contribution < -0.4 is 9.47 Å². The summed E-state index contributed by atoms with van der Waals surface area (Å²) < 4.78 is 80.0. The van der Waals surface area contributed by atoms with E-state index in [1.54, 1.807) is 0 Å². The first-order valence-corrected chi connectivity index (χ1v) is 40.1. The molecular formula is C89H62O57. The summed E-state index contributed by atoms with van der Waals surface area (Å²) in [7, 11) is 0. The molecule has 4 heterocycles. The minimum Gasteiger partial charge on any atom is -0.504 e.